The molecule has 2 saturated heterocycles. The molecule has 1 aromatic carbocycles. The second kappa shape index (κ2) is 7.19. The zero-order valence-corrected chi connectivity index (χ0v) is 14.5. The number of nitrogens with zero attached hydrogens (tertiary/aromatic N) is 1. The van der Waals surface area contributed by atoms with Crippen molar-refractivity contribution in [1.29, 1.82) is 0 Å². The SMILES string of the molecule is O=C(OCC1OC(n2ccc(=O)[nH]c2=O)C2OS(=O)OC12)c1ccccc1. The number of nitrogens with one attached hydrogen (secondary N) is 1. The topological polar surface area (TPSA) is 126 Å². The highest BCUT2D eigenvalue weighted by Crippen LogP contribution is 2.38. The van der Waals surface area contributed by atoms with Gasteiger partial charge in [-0.15, -0.1) is 0 Å². The van der Waals surface area contributed by atoms with Crippen LogP contribution in [0.1, 0.15) is 16.6 Å². The fourth-order valence-electron chi connectivity index (χ4n) is 2.93. The summed E-state index contributed by atoms with van der Waals surface area (Å²) in [5, 5.41) is 0. The molecule has 27 heavy (non-hydrogen) atoms. The number of benzene rings is 1. The Hall–Kier alpha value is -2.60. The molecule has 2 aliphatic heterocycles. The Labute approximate surface area is 154 Å². The van der Waals surface area contributed by atoms with Crippen LogP contribution in [0.15, 0.2) is 52.2 Å². The second-order valence-corrected chi connectivity index (χ2v) is 6.67. The summed E-state index contributed by atoms with van der Waals surface area (Å²) >= 11 is -2.02. The molecule has 5 atom stereocenters. The molecule has 4 rings (SSSR count). The Morgan fingerprint density at radius 1 is 1.15 bits per heavy atom. The first kappa shape index (κ1) is 17.8. The van der Waals surface area contributed by atoms with Crippen molar-refractivity contribution in [2.75, 3.05) is 6.61 Å². The van der Waals surface area contributed by atoms with E-state index in [-0.39, 0.29) is 6.61 Å². The van der Waals surface area contributed by atoms with Crippen molar-refractivity contribution in [3.63, 3.8) is 0 Å². The lowest BCUT2D eigenvalue weighted by Crippen LogP contribution is -2.36. The van der Waals surface area contributed by atoms with E-state index in [1.165, 1.54) is 6.20 Å². The van der Waals surface area contributed by atoms with Crippen LogP contribution in [0.5, 0.6) is 0 Å². The van der Waals surface area contributed by atoms with Crippen molar-refractivity contribution in [2.45, 2.75) is 24.5 Å². The molecule has 5 unspecified atom stereocenters. The molecule has 0 radical (unpaired) electrons. The fraction of sp³-hybridized carbons (Fsp3) is 0.312. The van der Waals surface area contributed by atoms with Crippen LogP contribution in [-0.2, 0) is 29.2 Å². The van der Waals surface area contributed by atoms with Crippen LogP contribution in [-0.4, -0.2) is 44.6 Å². The fourth-order valence-corrected chi connectivity index (χ4v) is 3.78. The first-order valence-corrected chi connectivity index (χ1v) is 8.98. The Bertz CT molecular complexity index is 988. The maximum absolute atomic E-state index is 12.1. The molecule has 142 valence electrons. The highest BCUT2D eigenvalue weighted by molar-refractivity contribution is 7.75. The maximum Gasteiger partial charge on any atom is 0.338 e. The lowest BCUT2D eigenvalue weighted by Gasteiger charge is -2.18. The summed E-state index contributed by atoms with van der Waals surface area (Å²) in [5.41, 5.74) is -0.909. The van der Waals surface area contributed by atoms with E-state index >= 15 is 0 Å². The number of hydrogen-bond acceptors (Lipinski definition) is 8. The zero-order chi connectivity index (χ0) is 19.0. The van der Waals surface area contributed by atoms with Gasteiger partial charge in [0.1, 0.15) is 18.8 Å². The summed E-state index contributed by atoms with van der Waals surface area (Å²) in [4.78, 5) is 37.5. The molecular formula is C16H14N2O8S. The Morgan fingerprint density at radius 3 is 2.63 bits per heavy atom. The van der Waals surface area contributed by atoms with Crippen molar-refractivity contribution in [3.05, 3.63) is 69.0 Å². The van der Waals surface area contributed by atoms with Gasteiger partial charge in [0.15, 0.2) is 12.3 Å². The average Bonchev–Trinajstić information content (AvgIpc) is 3.18. The molecule has 0 amide bonds. The van der Waals surface area contributed by atoms with Crippen molar-refractivity contribution in [1.82, 2.24) is 9.55 Å². The largest absolute Gasteiger partial charge is 0.459 e. The second-order valence-electron chi connectivity index (χ2n) is 5.87. The van der Waals surface area contributed by atoms with Gasteiger partial charge in [-0.1, -0.05) is 18.2 Å². The highest BCUT2D eigenvalue weighted by atomic mass is 32.2. The van der Waals surface area contributed by atoms with E-state index in [4.69, 9.17) is 17.8 Å². The molecular weight excluding hydrogens is 380 g/mol. The van der Waals surface area contributed by atoms with Gasteiger partial charge in [-0.2, -0.15) is 4.21 Å². The molecule has 0 bridgehead atoms. The van der Waals surface area contributed by atoms with Crippen molar-refractivity contribution in [2.24, 2.45) is 0 Å². The molecule has 2 fully saturated rings. The zero-order valence-electron chi connectivity index (χ0n) is 13.7. The predicted molar refractivity (Wildman–Crippen MR) is 89.8 cm³/mol. The van der Waals surface area contributed by atoms with Gasteiger partial charge in [0.25, 0.3) is 5.56 Å². The van der Waals surface area contributed by atoms with Crippen LogP contribution in [0.3, 0.4) is 0 Å². The van der Waals surface area contributed by atoms with Crippen LogP contribution in [0, 0.1) is 0 Å². The monoisotopic (exact) mass is 394 g/mol. The first-order chi connectivity index (χ1) is 13.0. The third-order valence-corrected chi connectivity index (χ3v) is 4.94. The third-order valence-electron chi connectivity index (χ3n) is 4.18. The van der Waals surface area contributed by atoms with Crippen LogP contribution < -0.4 is 11.2 Å². The van der Waals surface area contributed by atoms with E-state index in [9.17, 15) is 18.6 Å². The standard InChI is InChI=1S/C16H14N2O8S/c19-11-6-7-18(16(21)17-11)14-13-12(25-27(22)26-13)10(24-14)8-23-15(20)9-4-2-1-3-5-9/h1-7,10,12-14H,8H2,(H,17,19,21). The maximum atomic E-state index is 12.1. The summed E-state index contributed by atoms with van der Waals surface area (Å²) in [6, 6.07) is 9.53. The van der Waals surface area contributed by atoms with Crippen LogP contribution in [0.25, 0.3) is 0 Å². The molecule has 0 saturated carbocycles. The quantitative estimate of drug-likeness (QED) is 0.698. The summed E-state index contributed by atoms with van der Waals surface area (Å²) < 4.78 is 34.1. The van der Waals surface area contributed by atoms with Gasteiger partial charge in [0.2, 0.25) is 0 Å². The number of aromatic nitrogens is 2. The Kier molecular flexibility index (Phi) is 4.74. The number of ether oxygens (including phenoxy) is 2. The number of carbonyl (C=O) groups excluding carboxylic acids is 1. The summed E-state index contributed by atoms with van der Waals surface area (Å²) in [6.07, 6.45) is -2.23. The van der Waals surface area contributed by atoms with Gasteiger partial charge < -0.3 is 9.47 Å². The molecule has 0 spiro atoms. The van der Waals surface area contributed by atoms with E-state index in [0.717, 1.165) is 10.6 Å². The number of hydrogen-bond donors (Lipinski definition) is 1. The van der Waals surface area contributed by atoms with Gasteiger partial charge in [-0.05, 0) is 12.1 Å². The highest BCUT2D eigenvalue weighted by Gasteiger charge is 2.54. The van der Waals surface area contributed by atoms with Gasteiger partial charge in [0.05, 0.1) is 5.56 Å². The molecule has 2 aliphatic rings. The van der Waals surface area contributed by atoms with Crippen molar-refractivity contribution >= 4 is 17.3 Å². The molecule has 0 aliphatic carbocycles. The molecule has 1 aromatic heterocycles. The normalized spacial score (nSPS) is 29.4. The minimum absolute atomic E-state index is 0.190. The lowest BCUT2D eigenvalue weighted by molar-refractivity contribution is -0.0612. The minimum Gasteiger partial charge on any atom is -0.459 e. The summed E-state index contributed by atoms with van der Waals surface area (Å²) in [5.74, 6) is -0.555. The molecule has 10 nitrogen and oxygen atoms in total. The number of rotatable bonds is 4. The van der Waals surface area contributed by atoms with E-state index in [1.54, 1.807) is 30.3 Å². The minimum atomic E-state index is -2.02. The molecule has 11 heteroatoms. The van der Waals surface area contributed by atoms with Gasteiger partial charge in [0, 0.05) is 12.3 Å². The van der Waals surface area contributed by atoms with Crippen LogP contribution in [0.4, 0.5) is 0 Å². The van der Waals surface area contributed by atoms with Gasteiger partial charge >= 0.3 is 23.0 Å². The number of esters is 1. The van der Waals surface area contributed by atoms with E-state index in [0.29, 0.717) is 5.56 Å². The number of H-pyrrole nitrogens is 1. The van der Waals surface area contributed by atoms with E-state index < -0.39 is 53.1 Å². The first-order valence-electron chi connectivity index (χ1n) is 7.98. The molecule has 3 heterocycles. The Balaban J connectivity index is 1.52. The number of carbonyl (C=O) groups is 1. The summed E-state index contributed by atoms with van der Waals surface area (Å²) in [6.45, 7) is -0.190. The van der Waals surface area contributed by atoms with Crippen molar-refractivity contribution in [3.8, 4) is 0 Å². The number of aromatic amines is 1. The predicted octanol–water partition coefficient (Wildman–Crippen LogP) is -0.346. The summed E-state index contributed by atoms with van der Waals surface area (Å²) in [7, 11) is 0. The Morgan fingerprint density at radius 2 is 1.89 bits per heavy atom. The molecule has 1 N–H and O–H groups in total. The van der Waals surface area contributed by atoms with Crippen LogP contribution >= 0.6 is 0 Å². The molecule has 2 aromatic rings. The average molecular weight is 394 g/mol. The van der Waals surface area contributed by atoms with E-state index in [2.05, 4.69) is 4.98 Å². The van der Waals surface area contributed by atoms with E-state index in [1.807, 2.05) is 0 Å². The smallest absolute Gasteiger partial charge is 0.338 e. The van der Waals surface area contributed by atoms with Gasteiger partial charge in [-0.25, -0.2) is 9.59 Å². The van der Waals surface area contributed by atoms with Crippen LogP contribution in [0.2, 0.25) is 0 Å². The van der Waals surface area contributed by atoms with Gasteiger partial charge in [-0.3, -0.25) is 22.7 Å². The number of fused-ring (bicyclic) bond motifs is 1. The lowest BCUT2D eigenvalue weighted by atomic mass is 10.1. The third kappa shape index (κ3) is 3.49. The van der Waals surface area contributed by atoms with Crippen molar-refractivity contribution < 1.29 is 26.8 Å².